The van der Waals surface area contributed by atoms with Crippen molar-refractivity contribution in [2.45, 2.75) is 19.4 Å². The number of aliphatic carboxylic acids is 1. The minimum atomic E-state index is -1.09. The van der Waals surface area contributed by atoms with Crippen LogP contribution in [0, 0.1) is 11.8 Å². The molecule has 1 aliphatic carbocycles. The number of urea groups is 1. The van der Waals surface area contributed by atoms with Gasteiger partial charge in [0.15, 0.2) is 6.04 Å². The van der Waals surface area contributed by atoms with E-state index in [2.05, 4.69) is 12.2 Å². The Bertz CT molecular complexity index is 295. The van der Waals surface area contributed by atoms with Crippen LogP contribution in [0.3, 0.4) is 0 Å². The Morgan fingerprint density at radius 1 is 1.59 bits per heavy atom. The first-order valence-electron chi connectivity index (χ1n) is 5.69. The molecule has 2 N–H and O–H groups in total. The first-order valence-corrected chi connectivity index (χ1v) is 5.69. The number of hydrogen-bond acceptors (Lipinski definition) is 3. The van der Waals surface area contributed by atoms with Gasteiger partial charge >= 0.3 is 12.0 Å². The Morgan fingerprint density at radius 3 is 2.59 bits per heavy atom. The third-order valence-corrected chi connectivity index (χ3v) is 3.06. The van der Waals surface area contributed by atoms with E-state index < -0.39 is 12.0 Å². The molecule has 0 spiro atoms. The molecule has 0 aromatic rings. The van der Waals surface area contributed by atoms with E-state index in [4.69, 9.17) is 9.84 Å². The molecule has 2 amide bonds. The molecular weight excluding hydrogens is 224 g/mol. The summed E-state index contributed by atoms with van der Waals surface area (Å²) in [6.45, 7) is 2.78. The van der Waals surface area contributed by atoms with Crippen molar-refractivity contribution in [3.05, 3.63) is 0 Å². The lowest BCUT2D eigenvalue weighted by atomic mass is 10.3. The van der Waals surface area contributed by atoms with Crippen LogP contribution in [-0.2, 0) is 9.53 Å². The van der Waals surface area contributed by atoms with Crippen molar-refractivity contribution in [3.8, 4) is 0 Å². The second kappa shape index (κ2) is 5.86. The van der Waals surface area contributed by atoms with E-state index in [0.29, 0.717) is 18.4 Å². The Balaban J connectivity index is 2.37. The fourth-order valence-corrected chi connectivity index (χ4v) is 1.69. The predicted octanol–water partition coefficient (Wildman–Crippen LogP) is 0.383. The summed E-state index contributed by atoms with van der Waals surface area (Å²) < 4.78 is 4.74. The smallest absolute Gasteiger partial charge is 0.328 e. The second-order valence-corrected chi connectivity index (χ2v) is 4.65. The number of carbonyl (C=O) groups is 2. The van der Waals surface area contributed by atoms with Crippen molar-refractivity contribution >= 4 is 12.0 Å². The quantitative estimate of drug-likeness (QED) is 0.708. The van der Waals surface area contributed by atoms with Gasteiger partial charge in [0, 0.05) is 20.7 Å². The second-order valence-electron chi connectivity index (χ2n) is 4.65. The molecular formula is C11H20N2O4. The minimum Gasteiger partial charge on any atom is -0.480 e. The highest BCUT2D eigenvalue weighted by atomic mass is 16.5. The van der Waals surface area contributed by atoms with E-state index in [0.717, 1.165) is 6.42 Å². The summed E-state index contributed by atoms with van der Waals surface area (Å²) in [5.74, 6) is 0.129. The number of hydrogen-bond donors (Lipinski definition) is 2. The van der Waals surface area contributed by atoms with Crippen molar-refractivity contribution in [3.63, 3.8) is 0 Å². The average Bonchev–Trinajstić information content (AvgIpc) is 2.93. The van der Waals surface area contributed by atoms with Crippen LogP contribution in [0.1, 0.15) is 13.3 Å². The van der Waals surface area contributed by atoms with Crippen LogP contribution in [0.5, 0.6) is 0 Å². The monoisotopic (exact) mass is 244 g/mol. The fourth-order valence-electron chi connectivity index (χ4n) is 1.69. The Morgan fingerprint density at radius 2 is 2.18 bits per heavy atom. The first-order chi connectivity index (χ1) is 7.95. The van der Waals surface area contributed by atoms with Crippen molar-refractivity contribution in [2.24, 2.45) is 11.8 Å². The standard InChI is InChI=1S/C11H20N2O4/c1-7-4-8(7)5-13(2)11(16)12-9(6-17-3)10(14)15/h7-9H,4-6H2,1-3H3,(H,12,16)(H,14,15). The number of methoxy groups -OCH3 is 1. The van der Waals surface area contributed by atoms with E-state index in [1.165, 1.54) is 12.0 Å². The molecule has 0 aromatic heterocycles. The molecule has 3 unspecified atom stereocenters. The van der Waals surface area contributed by atoms with Gasteiger partial charge in [-0.3, -0.25) is 0 Å². The third kappa shape index (κ3) is 4.22. The van der Waals surface area contributed by atoms with E-state index in [9.17, 15) is 9.59 Å². The van der Waals surface area contributed by atoms with Crippen LogP contribution in [0.15, 0.2) is 0 Å². The molecule has 0 aromatic carbocycles. The predicted molar refractivity (Wildman–Crippen MR) is 61.7 cm³/mol. The number of carboxylic acid groups (broad SMARTS) is 1. The molecule has 0 radical (unpaired) electrons. The van der Waals surface area contributed by atoms with Gasteiger partial charge in [0.05, 0.1) is 6.61 Å². The molecule has 6 nitrogen and oxygen atoms in total. The van der Waals surface area contributed by atoms with E-state index in [-0.39, 0.29) is 12.6 Å². The Labute approximate surface area is 101 Å². The summed E-state index contributed by atoms with van der Waals surface area (Å²) in [7, 11) is 3.07. The molecule has 0 aliphatic heterocycles. The lowest BCUT2D eigenvalue weighted by molar-refractivity contribution is -0.140. The molecule has 6 heteroatoms. The number of carbonyl (C=O) groups excluding carboxylic acids is 1. The van der Waals surface area contributed by atoms with Crippen molar-refractivity contribution in [2.75, 3.05) is 27.3 Å². The number of amides is 2. The van der Waals surface area contributed by atoms with Crippen molar-refractivity contribution < 1.29 is 19.4 Å². The summed E-state index contributed by atoms with van der Waals surface area (Å²) in [5, 5.41) is 11.3. The molecule has 1 fully saturated rings. The van der Waals surface area contributed by atoms with Crippen LogP contribution in [0.2, 0.25) is 0 Å². The maximum absolute atomic E-state index is 11.7. The molecule has 1 saturated carbocycles. The number of ether oxygens (including phenoxy) is 1. The summed E-state index contributed by atoms with van der Waals surface area (Å²) in [6, 6.07) is -1.36. The number of nitrogens with zero attached hydrogens (tertiary/aromatic N) is 1. The lowest BCUT2D eigenvalue weighted by Crippen LogP contribution is -2.49. The summed E-state index contributed by atoms with van der Waals surface area (Å²) in [5.41, 5.74) is 0. The van der Waals surface area contributed by atoms with Gasteiger partial charge in [0.2, 0.25) is 0 Å². The Hall–Kier alpha value is -1.30. The van der Waals surface area contributed by atoms with Gasteiger partial charge in [-0.25, -0.2) is 9.59 Å². The van der Waals surface area contributed by atoms with Gasteiger partial charge in [0.1, 0.15) is 0 Å². The molecule has 1 rings (SSSR count). The molecule has 0 heterocycles. The highest BCUT2D eigenvalue weighted by Crippen LogP contribution is 2.37. The first kappa shape index (κ1) is 13.8. The van der Waals surface area contributed by atoms with Crippen molar-refractivity contribution in [1.29, 1.82) is 0 Å². The average molecular weight is 244 g/mol. The summed E-state index contributed by atoms with van der Waals surface area (Å²) in [4.78, 5) is 24.0. The van der Waals surface area contributed by atoms with E-state index >= 15 is 0 Å². The zero-order valence-corrected chi connectivity index (χ0v) is 10.5. The largest absolute Gasteiger partial charge is 0.480 e. The minimum absolute atomic E-state index is 0.0330. The van der Waals surface area contributed by atoms with Gasteiger partial charge in [-0.2, -0.15) is 0 Å². The molecule has 1 aliphatic rings. The van der Waals surface area contributed by atoms with Gasteiger partial charge in [-0.15, -0.1) is 0 Å². The van der Waals surface area contributed by atoms with Gasteiger partial charge in [-0.05, 0) is 18.3 Å². The zero-order valence-electron chi connectivity index (χ0n) is 10.5. The van der Waals surface area contributed by atoms with Crippen molar-refractivity contribution in [1.82, 2.24) is 10.2 Å². The van der Waals surface area contributed by atoms with E-state index in [1.54, 1.807) is 7.05 Å². The maximum atomic E-state index is 11.7. The molecule has 3 atom stereocenters. The van der Waals surface area contributed by atoms with Crippen LogP contribution in [0.25, 0.3) is 0 Å². The maximum Gasteiger partial charge on any atom is 0.328 e. The highest BCUT2D eigenvalue weighted by Gasteiger charge is 2.34. The molecule has 98 valence electrons. The number of carboxylic acids is 1. The highest BCUT2D eigenvalue weighted by molar-refractivity contribution is 5.82. The molecule has 0 saturated heterocycles. The van der Waals surface area contributed by atoms with Crippen LogP contribution in [0.4, 0.5) is 4.79 Å². The topological polar surface area (TPSA) is 78.9 Å². The normalized spacial score (nSPS) is 23.9. The lowest BCUT2D eigenvalue weighted by Gasteiger charge is -2.21. The summed E-state index contributed by atoms with van der Waals surface area (Å²) >= 11 is 0. The van der Waals surface area contributed by atoms with Crippen LogP contribution < -0.4 is 5.32 Å². The van der Waals surface area contributed by atoms with Gasteiger partial charge < -0.3 is 20.1 Å². The van der Waals surface area contributed by atoms with Gasteiger partial charge in [0.25, 0.3) is 0 Å². The van der Waals surface area contributed by atoms with Crippen LogP contribution >= 0.6 is 0 Å². The molecule has 0 bridgehead atoms. The number of nitrogens with one attached hydrogen (secondary N) is 1. The van der Waals surface area contributed by atoms with E-state index in [1.807, 2.05) is 0 Å². The zero-order chi connectivity index (χ0) is 13.0. The third-order valence-electron chi connectivity index (χ3n) is 3.06. The SMILES string of the molecule is COCC(NC(=O)N(C)CC1CC1C)C(=O)O. The summed E-state index contributed by atoms with van der Waals surface area (Å²) in [6.07, 6.45) is 1.14. The molecule has 17 heavy (non-hydrogen) atoms. The van der Waals surface area contributed by atoms with Crippen LogP contribution in [-0.4, -0.2) is 55.4 Å². The number of rotatable bonds is 6. The fraction of sp³-hybridized carbons (Fsp3) is 0.818. The Kier molecular flexibility index (Phi) is 4.74. The van der Waals surface area contributed by atoms with Gasteiger partial charge in [-0.1, -0.05) is 6.92 Å².